The molecule has 6 heteroatoms. The number of carboxylic acids is 1. The van der Waals surface area contributed by atoms with Crippen LogP contribution in [0.1, 0.15) is 29.2 Å². The van der Waals surface area contributed by atoms with E-state index >= 15 is 0 Å². The van der Waals surface area contributed by atoms with E-state index in [0.29, 0.717) is 17.7 Å². The van der Waals surface area contributed by atoms with E-state index in [4.69, 9.17) is 10.4 Å². The van der Waals surface area contributed by atoms with Gasteiger partial charge in [0.05, 0.1) is 18.3 Å². The molecule has 2 aromatic rings. The van der Waals surface area contributed by atoms with Crippen LogP contribution in [0.4, 0.5) is 4.39 Å². The van der Waals surface area contributed by atoms with Crippen LogP contribution in [0, 0.1) is 17.1 Å². The minimum atomic E-state index is -0.932. The van der Waals surface area contributed by atoms with E-state index in [9.17, 15) is 9.18 Å². The molecule has 2 N–H and O–H groups in total. The van der Waals surface area contributed by atoms with Gasteiger partial charge in [0.2, 0.25) is 0 Å². The van der Waals surface area contributed by atoms with Gasteiger partial charge < -0.3 is 10.1 Å². The van der Waals surface area contributed by atoms with Crippen molar-refractivity contribution in [3.05, 3.63) is 53.4 Å². The van der Waals surface area contributed by atoms with E-state index in [0.717, 1.165) is 0 Å². The van der Waals surface area contributed by atoms with Gasteiger partial charge in [-0.1, -0.05) is 6.07 Å². The van der Waals surface area contributed by atoms with Gasteiger partial charge in [0.15, 0.2) is 0 Å². The molecule has 0 saturated heterocycles. The van der Waals surface area contributed by atoms with Gasteiger partial charge in [-0.2, -0.15) is 5.26 Å². The third kappa shape index (κ3) is 3.20. The molecule has 5 nitrogen and oxygen atoms in total. The normalized spacial score (nSPS) is 11.8. The molecule has 0 aliphatic heterocycles. The number of halogens is 1. The Kier molecular flexibility index (Phi) is 4.11. The van der Waals surface area contributed by atoms with Gasteiger partial charge in [-0.25, -0.2) is 9.37 Å². The second kappa shape index (κ2) is 5.97. The van der Waals surface area contributed by atoms with E-state index in [-0.39, 0.29) is 17.9 Å². The fourth-order valence-electron chi connectivity index (χ4n) is 2.05. The molecule has 0 fully saturated rings. The Labute approximate surface area is 114 Å². The fraction of sp³-hybridized carbons (Fsp3) is 0.214. The quantitative estimate of drug-likeness (QED) is 0.874. The van der Waals surface area contributed by atoms with Crippen molar-refractivity contribution in [2.45, 2.75) is 18.8 Å². The van der Waals surface area contributed by atoms with Crippen LogP contribution < -0.4 is 0 Å². The van der Waals surface area contributed by atoms with Gasteiger partial charge in [-0.05, 0) is 24.1 Å². The number of aromatic amines is 1. The van der Waals surface area contributed by atoms with Crippen LogP contribution in [-0.2, 0) is 11.2 Å². The first kappa shape index (κ1) is 13.7. The molecule has 0 bridgehead atoms. The molecule has 0 aliphatic carbocycles. The number of rotatable bonds is 5. The summed E-state index contributed by atoms with van der Waals surface area (Å²) < 4.78 is 13.5. The lowest BCUT2D eigenvalue weighted by molar-refractivity contribution is -0.137. The summed E-state index contributed by atoms with van der Waals surface area (Å²) in [5.41, 5.74) is 1.31. The number of aliphatic carboxylic acids is 1. The third-order valence-electron chi connectivity index (χ3n) is 3.02. The Morgan fingerprint density at radius 3 is 2.90 bits per heavy atom. The zero-order valence-corrected chi connectivity index (χ0v) is 10.5. The van der Waals surface area contributed by atoms with Gasteiger partial charge in [-0.3, -0.25) is 4.79 Å². The average molecular weight is 273 g/mol. The molecule has 20 heavy (non-hydrogen) atoms. The predicted molar refractivity (Wildman–Crippen MR) is 68.4 cm³/mol. The lowest BCUT2D eigenvalue weighted by atomic mass is 9.93. The number of carboxylic acid groups (broad SMARTS) is 1. The summed E-state index contributed by atoms with van der Waals surface area (Å²) in [7, 11) is 0. The summed E-state index contributed by atoms with van der Waals surface area (Å²) >= 11 is 0. The summed E-state index contributed by atoms with van der Waals surface area (Å²) in [6.45, 7) is 0. The first-order chi connectivity index (χ1) is 9.60. The van der Waals surface area contributed by atoms with Crippen molar-refractivity contribution in [1.29, 1.82) is 5.26 Å². The monoisotopic (exact) mass is 273 g/mol. The van der Waals surface area contributed by atoms with E-state index in [1.807, 2.05) is 0 Å². The highest BCUT2D eigenvalue weighted by Gasteiger charge is 2.18. The van der Waals surface area contributed by atoms with Crippen molar-refractivity contribution in [2.24, 2.45) is 0 Å². The Morgan fingerprint density at radius 2 is 2.35 bits per heavy atom. The van der Waals surface area contributed by atoms with Crippen molar-refractivity contribution >= 4 is 5.97 Å². The first-order valence-electron chi connectivity index (χ1n) is 5.98. The topological polar surface area (TPSA) is 89.8 Å². The summed E-state index contributed by atoms with van der Waals surface area (Å²) in [5, 5.41) is 17.6. The molecule has 1 atom stereocenters. The predicted octanol–water partition coefficient (Wildman–Crippen LogP) is 2.22. The number of H-pyrrole nitrogens is 1. The van der Waals surface area contributed by atoms with E-state index < -0.39 is 11.8 Å². The number of benzene rings is 1. The zero-order chi connectivity index (χ0) is 14.5. The van der Waals surface area contributed by atoms with E-state index in [1.54, 1.807) is 18.3 Å². The number of carbonyl (C=O) groups is 1. The first-order valence-corrected chi connectivity index (χ1v) is 5.98. The molecule has 1 aromatic heterocycles. The van der Waals surface area contributed by atoms with Crippen molar-refractivity contribution in [1.82, 2.24) is 9.97 Å². The highest BCUT2D eigenvalue weighted by Crippen LogP contribution is 2.23. The summed E-state index contributed by atoms with van der Waals surface area (Å²) in [6, 6.07) is 6.05. The molecule has 0 aliphatic rings. The van der Waals surface area contributed by atoms with Crippen LogP contribution in [0.15, 0.2) is 30.7 Å². The zero-order valence-electron chi connectivity index (χ0n) is 10.5. The molecular formula is C14H12FN3O2. The maximum absolute atomic E-state index is 13.5. The van der Waals surface area contributed by atoms with Gasteiger partial charge in [0.1, 0.15) is 11.9 Å². The lowest BCUT2D eigenvalue weighted by Crippen LogP contribution is -2.10. The maximum Gasteiger partial charge on any atom is 0.304 e. The largest absolute Gasteiger partial charge is 0.481 e. The highest BCUT2D eigenvalue weighted by atomic mass is 19.1. The summed E-state index contributed by atoms with van der Waals surface area (Å²) in [4.78, 5) is 17.7. The molecule has 102 valence electrons. The Bertz CT molecular complexity index is 647. The number of hydrogen-bond donors (Lipinski definition) is 2. The number of imidazole rings is 1. The van der Waals surface area contributed by atoms with Crippen molar-refractivity contribution in [3.63, 3.8) is 0 Å². The summed E-state index contributed by atoms with van der Waals surface area (Å²) in [5.74, 6) is -1.84. The standard InChI is InChI=1S/C14H12FN3O2/c15-12-4-9(1-2-10(12)6-16)3-11(5-14(19)20)13-7-17-8-18-13/h1-2,4,7-8,11H,3,5H2,(H,17,18)(H,19,20). The van der Waals surface area contributed by atoms with Gasteiger partial charge in [0.25, 0.3) is 0 Å². The smallest absolute Gasteiger partial charge is 0.304 e. The maximum atomic E-state index is 13.5. The molecule has 1 aromatic carbocycles. The number of aromatic nitrogens is 2. The Hall–Kier alpha value is -2.68. The van der Waals surface area contributed by atoms with Crippen LogP contribution in [0.3, 0.4) is 0 Å². The number of nitrogens with one attached hydrogen (secondary N) is 1. The molecule has 1 unspecified atom stereocenters. The van der Waals surface area contributed by atoms with E-state index in [2.05, 4.69) is 9.97 Å². The molecule has 2 rings (SSSR count). The van der Waals surface area contributed by atoms with Crippen molar-refractivity contribution < 1.29 is 14.3 Å². The van der Waals surface area contributed by atoms with Crippen molar-refractivity contribution in [2.75, 3.05) is 0 Å². The van der Waals surface area contributed by atoms with Gasteiger partial charge >= 0.3 is 5.97 Å². The second-order valence-electron chi connectivity index (χ2n) is 4.43. The fourth-order valence-corrected chi connectivity index (χ4v) is 2.05. The Morgan fingerprint density at radius 1 is 1.55 bits per heavy atom. The van der Waals surface area contributed by atoms with Gasteiger partial charge in [0, 0.05) is 17.8 Å². The van der Waals surface area contributed by atoms with Crippen LogP contribution >= 0.6 is 0 Å². The molecule has 0 amide bonds. The minimum absolute atomic E-state index is 0.0231. The molecule has 0 spiro atoms. The highest BCUT2D eigenvalue weighted by molar-refractivity contribution is 5.68. The van der Waals surface area contributed by atoms with Gasteiger partial charge in [-0.15, -0.1) is 0 Å². The molecule has 0 radical (unpaired) electrons. The molecular weight excluding hydrogens is 261 g/mol. The third-order valence-corrected chi connectivity index (χ3v) is 3.02. The van der Waals surface area contributed by atoms with Crippen LogP contribution in [0.25, 0.3) is 0 Å². The summed E-state index contributed by atoms with van der Waals surface area (Å²) in [6.07, 6.45) is 3.32. The Balaban J connectivity index is 2.22. The van der Waals surface area contributed by atoms with Crippen LogP contribution in [0.2, 0.25) is 0 Å². The number of nitriles is 1. The SMILES string of the molecule is N#Cc1ccc(CC(CC(=O)O)c2cnc[nH]2)cc1F. The average Bonchev–Trinajstić information content (AvgIpc) is 2.91. The van der Waals surface area contributed by atoms with Crippen LogP contribution in [-0.4, -0.2) is 21.0 Å². The van der Waals surface area contributed by atoms with Crippen LogP contribution in [0.5, 0.6) is 0 Å². The van der Waals surface area contributed by atoms with Crippen molar-refractivity contribution in [3.8, 4) is 6.07 Å². The van der Waals surface area contributed by atoms with E-state index in [1.165, 1.54) is 18.5 Å². The minimum Gasteiger partial charge on any atom is -0.481 e. The number of nitrogens with zero attached hydrogens (tertiary/aromatic N) is 2. The lowest BCUT2D eigenvalue weighted by Gasteiger charge is -2.13. The number of hydrogen-bond acceptors (Lipinski definition) is 3. The second-order valence-corrected chi connectivity index (χ2v) is 4.43. The molecule has 0 saturated carbocycles. The molecule has 1 heterocycles.